The number of Topliss-reactive ketones (excluding diaryl/α,β-unsaturated/α-hetero) is 1. The second-order valence-electron chi connectivity index (χ2n) is 12.9. The monoisotopic (exact) mass is 488 g/mol. The van der Waals surface area contributed by atoms with Crippen molar-refractivity contribution in [1.29, 1.82) is 0 Å². The first-order valence-corrected chi connectivity index (χ1v) is 12.7. The fourth-order valence-corrected chi connectivity index (χ4v) is 6.33. The van der Waals surface area contributed by atoms with Crippen molar-refractivity contribution in [2.75, 3.05) is 0 Å². The Bertz CT molecular complexity index is 873. The van der Waals surface area contributed by atoms with Crippen LogP contribution in [0, 0.1) is 5.92 Å². The van der Waals surface area contributed by atoms with Crippen molar-refractivity contribution in [3.8, 4) is 0 Å². The maximum Gasteiger partial charge on any atom is 0.313 e. The summed E-state index contributed by atoms with van der Waals surface area (Å²) in [5.74, 6) is -0.787. The largest absolute Gasteiger partial charge is 0.462 e. The molecule has 1 N–H and O–H groups in total. The van der Waals surface area contributed by atoms with Gasteiger partial charge in [-0.2, -0.15) is 10.1 Å². The Labute approximate surface area is 210 Å². The first kappa shape index (κ1) is 27.8. The molecule has 0 radical (unpaired) electrons. The third kappa shape index (κ3) is 6.50. The molecular weight excluding hydrogens is 444 g/mol. The number of ether oxygens (including phenoxy) is 1. The van der Waals surface area contributed by atoms with Gasteiger partial charge in [0.1, 0.15) is 18.3 Å². The normalized spacial score (nSPS) is 24.7. The third-order valence-electron chi connectivity index (χ3n) is 7.47. The average Bonchev–Trinajstić information content (AvgIpc) is 2.70. The van der Waals surface area contributed by atoms with Gasteiger partial charge in [0.2, 0.25) is 0 Å². The Morgan fingerprint density at radius 3 is 1.89 bits per heavy atom. The van der Waals surface area contributed by atoms with Gasteiger partial charge in [0.15, 0.2) is 0 Å². The lowest BCUT2D eigenvalue weighted by atomic mass is 9.73. The maximum atomic E-state index is 13.2. The number of carbonyl (C=O) groups is 2. The number of carbonyl (C=O) groups excluding carboxylic acids is 2. The van der Waals surface area contributed by atoms with Crippen molar-refractivity contribution in [2.24, 2.45) is 5.92 Å². The number of ketones is 1. The highest BCUT2D eigenvalue weighted by molar-refractivity contribution is 5.97. The van der Waals surface area contributed by atoms with Crippen LogP contribution >= 0.6 is 0 Å². The number of esters is 1. The van der Waals surface area contributed by atoms with Crippen LogP contribution in [0.1, 0.15) is 93.1 Å². The predicted molar refractivity (Wildman–Crippen MR) is 134 cm³/mol. The number of piperidine rings is 2. The van der Waals surface area contributed by atoms with Gasteiger partial charge in [-0.3, -0.25) is 14.4 Å². The second kappa shape index (κ2) is 9.92. The lowest BCUT2D eigenvalue weighted by Crippen LogP contribution is -2.61. The Morgan fingerprint density at radius 2 is 1.37 bits per heavy atom. The van der Waals surface area contributed by atoms with E-state index in [1.807, 2.05) is 63.1 Å². The molecule has 2 heterocycles. The summed E-state index contributed by atoms with van der Waals surface area (Å²) in [6, 6.07) is 10.0. The van der Waals surface area contributed by atoms with Crippen molar-refractivity contribution in [3.05, 3.63) is 35.9 Å². The highest BCUT2D eigenvalue weighted by Gasteiger charge is 2.49. The first-order valence-electron chi connectivity index (χ1n) is 12.7. The van der Waals surface area contributed by atoms with E-state index in [1.165, 1.54) is 5.06 Å². The Hall–Kier alpha value is -1.80. The predicted octanol–water partition coefficient (Wildman–Crippen LogP) is 5.30. The lowest BCUT2D eigenvalue weighted by molar-refractivity contribution is -0.293. The molecule has 2 aliphatic heterocycles. The molecule has 0 saturated carbocycles. The van der Waals surface area contributed by atoms with E-state index in [2.05, 4.69) is 27.7 Å². The standard InChI is InChI=1S/C28H44N2O5/c1-25(2)17-22(18-26(3,4)29(25)33)35-24(32)14-23(31)21-15-27(5,6)30(28(7,8)16-21)34-19-20-12-10-9-11-13-20/h9-13,21-22,33H,14-19H2,1-8H3. The molecule has 1 aromatic carbocycles. The van der Waals surface area contributed by atoms with Crippen LogP contribution in [-0.2, 0) is 25.8 Å². The highest BCUT2D eigenvalue weighted by atomic mass is 16.7. The van der Waals surface area contributed by atoms with Crippen molar-refractivity contribution < 1.29 is 24.4 Å². The van der Waals surface area contributed by atoms with Crippen LogP contribution < -0.4 is 0 Å². The van der Waals surface area contributed by atoms with Gasteiger partial charge in [-0.25, -0.2) is 0 Å². The number of benzene rings is 1. The van der Waals surface area contributed by atoms with Crippen LogP contribution in [-0.4, -0.2) is 55.3 Å². The first-order chi connectivity index (χ1) is 16.0. The van der Waals surface area contributed by atoms with Crippen LogP contribution in [0.25, 0.3) is 0 Å². The van der Waals surface area contributed by atoms with Gasteiger partial charge >= 0.3 is 5.97 Å². The highest BCUT2D eigenvalue weighted by Crippen LogP contribution is 2.43. The van der Waals surface area contributed by atoms with Crippen LogP contribution in [0.5, 0.6) is 0 Å². The van der Waals surface area contributed by atoms with Crippen LogP contribution in [0.4, 0.5) is 0 Å². The van der Waals surface area contributed by atoms with Crippen LogP contribution in [0.2, 0.25) is 0 Å². The fourth-order valence-electron chi connectivity index (χ4n) is 6.33. The summed E-state index contributed by atoms with van der Waals surface area (Å²) in [6.45, 7) is 16.5. The molecule has 1 aromatic rings. The quantitative estimate of drug-likeness (QED) is 0.412. The molecule has 0 bridgehead atoms. The van der Waals surface area contributed by atoms with E-state index < -0.39 is 17.0 Å². The Morgan fingerprint density at radius 1 is 0.857 bits per heavy atom. The summed E-state index contributed by atoms with van der Waals surface area (Å²) >= 11 is 0. The van der Waals surface area contributed by atoms with Crippen molar-refractivity contribution in [3.63, 3.8) is 0 Å². The number of hydrogen-bond acceptors (Lipinski definition) is 7. The maximum absolute atomic E-state index is 13.2. The average molecular weight is 489 g/mol. The molecule has 0 amide bonds. The van der Waals surface area contributed by atoms with Crippen molar-refractivity contribution in [1.82, 2.24) is 10.1 Å². The van der Waals surface area contributed by atoms with Crippen molar-refractivity contribution >= 4 is 11.8 Å². The molecule has 0 aliphatic carbocycles. The summed E-state index contributed by atoms with van der Waals surface area (Å²) in [4.78, 5) is 32.2. The SMILES string of the molecule is CC1(C)CC(OC(=O)CC(=O)C2CC(C)(C)N(OCc3ccccc3)C(C)(C)C2)CC(C)(C)N1O. The topological polar surface area (TPSA) is 79.3 Å². The van der Waals surface area contributed by atoms with Gasteiger partial charge in [-0.15, -0.1) is 0 Å². The van der Waals surface area contributed by atoms with Gasteiger partial charge < -0.3 is 9.94 Å². The Balaban J connectivity index is 1.59. The second-order valence-corrected chi connectivity index (χ2v) is 12.9. The summed E-state index contributed by atoms with van der Waals surface area (Å²) in [5.41, 5.74) is -0.682. The summed E-state index contributed by atoms with van der Waals surface area (Å²) < 4.78 is 5.75. The minimum absolute atomic E-state index is 0.0722. The van der Waals surface area contributed by atoms with Gasteiger partial charge in [-0.05, 0) is 73.8 Å². The third-order valence-corrected chi connectivity index (χ3v) is 7.47. The molecule has 2 aliphatic rings. The van der Waals surface area contributed by atoms with Gasteiger partial charge in [0.25, 0.3) is 0 Å². The Kier molecular flexibility index (Phi) is 7.88. The number of nitrogens with zero attached hydrogens (tertiary/aromatic N) is 2. The van der Waals surface area contributed by atoms with Crippen LogP contribution in [0.3, 0.4) is 0 Å². The zero-order valence-corrected chi connectivity index (χ0v) is 22.8. The molecule has 7 heteroatoms. The van der Waals surface area contributed by atoms with E-state index in [4.69, 9.17) is 9.57 Å². The van der Waals surface area contributed by atoms with Gasteiger partial charge in [0.05, 0.1) is 6.61 Å². The molecule has 0 spiro atoms. The molecular formula is C28H44N2O5. The molecule has 7 nitrogen and oxygen atoms in total. The molecule has 3 rings (SSSR count). The minimum atomic E-state index is -0.517. The molecule has 35 heavy (non-hydrogen) atoms. The van der Waals surface area contributed by atoms with Crippen molar-refractivity contribution in [2.45, 2.75) is 122 Å². The molecule has 0 unspecified atom stereocenters. The molecule has 0 aromatic heterocycles. The van der Waals surface area contributed by atoms with Gasteiger partial charge in [0, 0.05) is 40.9 Å². The lowest BCUT2D eigenvalue weighted by Gasteiger charge is -2.53. The summed E-state index contributed by atoms with van der Waals surface area (Å²) in [5, 5.41) is 13.9. The molecule has 2 fully saturated rings. The van der Waals surface area contributed by atoms with E-state index in [9.17, 15) is 14.8 Å². The zero-order valence-electron chi connectivity index (χ0n) is 22.8. The zero-order chi connectivity index (χ0) is 26.2. The van der Waals surface area contributed by atoms with E-state index >= 15 is 0 Å². The molecule has 196 valence electrons. The van der Waals surface area contributed by atoms with E-state index in [0.29, 0.717) is 32.3 Å². The van der Waals surface area contributed by atoms with E-state index in [1.54, 1.807) is 0 Å². The fraction of sp³-hybridized carbons (Fsp3) is 0.714. The summed E-state index contributed by atoms with van der Waals surface area (Å²) in [7, 11) is 0. The molecule has 2 saturated heterocycles. The smallest absolute Gasteiger partial charge is 0.313 e. The molecule has 0 atom stereocenters. The van der Waals surface area contributed by atoms with Gasteiger partial charge in [-0.1, -0.05) is 30.3 Å². The van der Waals surface area contributed by atoms with Crippen LogP contribution in [0.15, 0.2) is 30.3 Å². The minimum Gasteiger partial charge on any atom is -0.462 e. The summed E-state index contributed by atoms with van der Waals surface area (Å²) in [6.07, 6.45) is 1.71. The van der Waals surface area contributed by atoms with E-state index in [0.717, 1.165) is 5.56 Å². The number of hydrogen-bond donors (Lipinski definition) is 1. The van der Waals surface area contributed by atoms with E-state index in [-0.39, 0.29) is 35.3 Å². The number of rotatable bonds is 7. The number of hydroxylamine groups is 4.